The fourth-order valence-corrected chi connectivity index (χ4v) is 3.05. The highest BCUT2D eigenvalue weighted by Gasteiger charge is 2.32. The molecule has 0 saturated heterocycles. The van der Waals surface area contributed by atoms with Gasteiger partial charge in [-0.15, -0.1) is 11.3 Å². The van der Waals surface area contributed by atoms with Crippen molar-refractivity contribution < 1.29 is 0 Å². The minimum Gasteiger partial charge on any atom is -0.308 e. The predicted molar refractivity (Wildman–Crippen MR) is 67.0 cm³/mol. The van der Waals surface area contributed by atoms with E-state index in [1.807, 2.05) is 0 Å². The van der Waals surface area contributed by atoms with Crippen molar-refractivity contribution in [3.8, 4) is 0 Å². The van der Waals surface area contributed by atoms with E-state index in [4.69, 9.17) is 0 Å². The molecule has 2 aromatic rings. The van der Waals surface area contributed by atoms with Crippen molar-refractivity contribution >= 4 is 16.3 Å². The molecule has 3 rings (SSSR count). The van der Waals surface area contributed by atoms with Gasteiger partial charge < -0.3 is 5.32 Å². The molecule has 4 heteroatoms. The van der Waals surface area contributed by atoms with Crippen LogP contribution in [-0.2, 0) is 6.54 Å². The summed E-state index contributed by atoms with van der Waals surface area (Å²) in [5.41, 5.74) is 2.48. The quantitative estimate of drug-likeness (QED) is 0.885. The van der Waals surface area contributed by atoms with Crippen LogP contribution in [0.3, 0.4) is 0 Å². The summed E-state index contributed by atoms with van der Waals surface area (Å²) in [5, 5.41) is 3.59. The molecule has 0 spiro atoms. The molecule has 3 nitrogen and oxygen atoms in total. The molecule has 1 aliphatic rings. The zero-order valence-electron chi connectivity index (χ0n) is 9.95. The second-order valence-corrected chi connectivity index (χ2v) is 6.05. The highest BCUT2D eigenvalue weighted by Crippen LogP contribution is 2.29. The first-order valence-corrected chi connectivity index (χ1v) is 6.64. The Balaban J connectivity index is 1.86. The molecule has 2 heterocycles. The molecule has 1 saturated carbocycles. The summed E-state index contributed by atoms with van der Waals surface area (Å²) < 4.78 is 2.23. The van der Waals surface area contributed by atoms with Gasteiger partial charge in [0, 0.05) is 23.7 Å². The van der Waals surface area contributed by atoms with Gasteiger partial charge in [0.1, 0.15) is 0 Å². The summed E-state index contributed by atoms with van der Waals surface area (Å²) in [7, 11) is 0. The maximum Gasteiger partial charge on any atom is 0.194 e. The van der Waals surface area contributed by atoms with E-state index in [2.05, 4.69) is 41.7 Å². The molecule has 1 aliphatic carbocycles. The third-order valence-electron chi connectivity index (χ3n) is 3.38. The number of fused-ring (bicyclic) bond motifs is 1. The zero-order valence-corrected chi connectivity index (χ0v) is 10.8. The number of aryl methyl sites for hydroxylation is 2. The van der Waals surface area contributed by atoms with E-state index in [0.717, 1.165) is 29.2 Å². The fraction of sp³-hybridized carbons (Fsp3) is 0.583. The van der Waals surface area contributed by atoms with Gasteiger partial charge in [0.05, 0.1) is 11.4 Å². The van der Waals surface area contributed by atoms with Gasteiger partial charge in [-0.25, -0.2) is 4.98 Å². The minimum absolute atomic E-state index is 0.727. The van der Waals surface area contributed by atoms with Crippen molar-refractivity contribution in [2.75, 3.05) is 0 Å². The van der Waals surface area contributed by atoms with E-state index in [0.29, 0.717) is 0 Å². The predicted octanol–water partition coefficient (Wildman–Crippen LogP) is 2.51. The van der Waals surface area contributed by atoms with Crippen LogP contribution in [0.2, 0.25) is 0 Å². The molecule has 2 atom stereocenters. The molecule has 2 aromatic heterocycles. The number of thiazole rings is 1. The molecule has 0 aliphatic heterocycles. The Morgan fingerprint density at radius 1 is 1.56 bits per heavy atom. The van der Waals surface area contributed by atoms with Crippen LogP contribution in [-0.4, -0.2) is 15.4 Å². The van der Waals surface area contributed by atoms with Gasteiger partial charge in [0.2, 0.25) is 0 Å². The normalized spacial score (nSPS) is 24.2. The topological polar surface area (TPSA) is 29.3 Å². The van der Waals surface area contributed by atoms with E-state index < -0.39 is 0 Å². The first-order chi connectivity index (χ1) is 7.65. The Bertz CT molecular complexity index is 526. The summed E-state index contributed by atoms with van der Waals surface area (Å²) in [6, 6.07) is 0.727. The van der Waals surface area contributed by atoms with Crippen molar-refractivity contribution in [1.82, 2.24) is 14.7 Å². The lowest BCUT2D eigenvalue weighted by atomic mass is 10.3. The summed E-state index contributed by atoms with van der Waals surface area (Å²) in [6.07, 6.45) is 3.51. The molecule has 2 unspecified atom stereocenters. The molecule has 0 amide bonds. The molecule has 1 fully saturated rings. The lowest BCUT2D eigenvalue weighted by Crippen LogP contribution is -2.18. The second-order valence-electron chi connectivity index (χ2n) is 4.84. The zero-order chi connectivity index (χ0) is 11.3. The Hall–Kier alpha value is -0.870. The largest absolute Gasteiger partial charge is 0.308 e. The summed E-state index contributed by atoms with van der Waals surface area (Å²) in [5.74, 6) is 0.855. The Morgan fingerprint density at radius 3 is 3.00 bits per heavy atom. The van der Waals surface area contributed by atoms with Crippen molar-refractivity contribution in [1.29, 1.82) is 0 Å². The van der Waals surface area contributed by atoms with E-state index in [1.54, 1.807) is 11.3 Å². The van der Waals surface area contributed by atoms with Crippen LogP contribution in [0.4, 0.5) is 0 Å². The van der Waals surface area contributed by atoms with Gasteiger partial charge in [-0.2, -0.15) is 0 Å². The van der Waals surface area contributed by atoms with Crippen molar-refractivity contribution in [2.24, 2.45) is 5.92 Å². The SMILES string of the molecule is Cc1cn2c(CNC3CC3C)c(C)nc2s1. The number of aromatic nitrogens is 2. The van der Waals surface area contributed by atoms with Crippen LogP contribution in [0.15, 0.2) is 6.20 Å². The highest BCUT2D eigenvalue weighted by atomic mass is 32.1. The van der Waals surface area contributed by atoms with E-state index >= 15 is 0 Å². The van der Waals surface area contributed by atoms with Crippen LogP contribution >= 0.6 is 11.3 Å². The number of nitrogens with zero attached hydrogens (tertiary/aromatic N) is 2. The van der Waals surface area contributed by atoms with Crippen LogP contribution < -0.4 is 5.32 Å². The smallest absolute Gasteiger partial charge is 0.194 e. The molecule has 1 N–H and O–H groups in total. The monoisotopic (exact) mass is 235 g/mol. The first kappa shape index (κ1) is 10.3. The Morgan fingerprint density at radius 2 is 2.31 bits per heavy atom. The average molecular weight is 235 g/mol. The average Bonchev–Trinajstić information content (AvgIpc) is 2.68. The molecular weight excluding hydrogens is 218 g/mol. The number of hydrogen-bond acceptors (Lipinski definition) is 3. The fourth-order valence-electron chi connectivity index (χ4n) is 2.16. The lowest BCUT2D eigenvalue weighted by Gasteiger charge is -2.03. The van der Waals surface area contributed by atoms with Crippen LogP contribution in [0.5, 0.6) is 0 Å². The van der Waals surface area contributed by atoms with Gasteiger partial charge in [0.15, 0.2) is 4.96 Å². The van der Waals surface area contributed by atoms with Crippen molar-refractivity contribution in [3.63, 3.8) is 0 Å². The maximum atomic E-state index is 4.59. The summed E-state index contributed by atoms with van der Waals surface area (Å²) >= 11 is 1.76. The minimum atomic E-state index is 0.727. The molecular formula is C12H17N3S. The van der Waals surface area contributed by atoms with Gasteiger partial charge in [-0.3, -0.25) is 4.40 Å². The van der Waals surface area contributed by atoms with Crippen LogP contribution in [0.25, 0.3) is 4.96 Å². The molecule has 16 heavy (non-hydrogen) atoms. The first-order valence-electron chi connectivity index (χ1n) is 5.82. The van der Waals surface area contributed by atoms with Crippen LogP contribution in [0, 0.1) is 19.8 Å². The van der Waals surface area contributed by atoms with Gasteiger partial charge in [-0.1, -0.05) is 6.92 Å². The summed E-state index contributed by atoms with van der Waals surface area (Å²) in [6.45, 7) is 7.47. The van der Waals surface area contributed by atoms with Crippen LogP contribution in [0.1, 0.15) is 29.6 Å². The Kier molecular flexibility index (Phi) is 2.30. The Labute approximate surface area is 99.5 Å². The van der Waals surface area contributed by atoms with E-state index in [9.17, 15) is 0 Å². The molecule has 0 aromatic carbocycles. The highest BCUT2D eigenvalue weighted by molar-refractivity contribution is 7.17. The maximum absolute atomic E-state index is 4.59. The third kappa shape index (κ3) is 1.66. The number of hydrogen-bond donors (Lipinski definition) is 1. The van der Waals surface area contributed by atoms with Gasteiger partial charge >= 0.3 is 0 Å². The summed E-state index contributed by atoms with van der Waals surface area (Å²) in [4.78, 5) is 7.04. The van der Waals surface area contributed by atoms with Gasteiger partial charge in [0.25, 0.3) is 0 Å². The molecule has 86 valence electrons. The lowest BCUT2D eigenvalue weighted by molar-refractivity contribution is 0.637. The standard InChI is InChI=1S/C12H17N3S/c1-7-4-10(7)13-5-11-9(3)14-12-15(11)6-8(2)16-12/h6-7,10,13H,4-5H2,1-3H3. The number of rotatable bonds is 3. The molecule has 0 radical (unpaired) electrons. The van der Waals surface area contributed by atoms with Gasteiger partial charge in [-0.05, 0) is 26.2 Å². The number of imidazole rings is 1. The third-order valence-corrected chi connectivity index (χ3v) is 4.28. The number of nitrogens with one attached hydrogen (secondary N) is 1. The van der Waals surface area contributed by atoms with Crippen molar-refractivity contribution in [2.45, 2.75) is 39.8 Å². The van der Waals surface area contributed by atoms with E-state index in [-0.39, 0.29) is 0 Å². The van der Waals surface area contributed by atoms with Crippen molar-refractivity contribution in [3.05, 3.63) is 22.5 Å². The van der Waals surface area contributed by atoms with E-state index in [1.165, 1.54) is 17.0 Å². The molecule has 0 bridgehead atoms. The second kappa shape index (κ2) is 3.57.